The lowest BCUT2D eigenvalue weighted by Crippen LogP contribution is -2.06. The summed E-state index contributed by atoms with van der Waals surface area (Å²) < 4.78 is 13.2. The van der Waals surface area contributed by atoms with Gasteiger partial charge in [0.05, 0.1) is 5.56 Å². The van der Waals surface area contributed by atoms with Crippen LogP contribution in [0.4, 0.5) is 10.1 Å². The summed E-state index contributed by atoms with van der Waals surface area (Å²) in [6.45, 7) is 3.84. The van der Waals surface area contributed by atoms with E-state index in [4.69, 9.17) is 5.73 Å². The van der Waals surface area contributed by atoms with Crippen LogP contribution in [0.3, 0.4) is 0 Å². The van der Waals surface area contributed by atoms with Gasteiger partial charge < -0.3 is 5.73 Å². The van der Waals surface area contributed by atoms with Gasteiger partial charge in [-0.25, -0.2) is 4.39 Å². The zero-order valence-electron chi connectivity index (χ0n) is 8.38. The molecule has 14 heavy (non-hydrogen) atoms. The van der Waals surface area contributed by atoms with Crippen molar-refractivity contribution in [2.75, 3.05) is 5.73 Å². The van der Waals surface area contributed by atoms with Crippen molar-refractivity contribution in [1.82, 2.24) is 0 Å². The molecular weight excluding hydrogens is 181 g/mol. The molecule has 1 aromatic rings. The van der Waals surface area contributed by atoms with Crippen molar-refractivity contribution in [3.05, 3.63) is 29.6 Å². The Labute approximate surface area is 82.9 Å². The Hall–Kier alpha value is -1.38. The molecule has 0 saturated carbocycles. The van der Waals surface area contributed by atoms with Gasteiger partial charge in [0, 0.05) is 12.1 Å². The molecule has 0 aliphatic carbocycles. The van der Waals surface area contributed by atoms with E-state index in [1.165, 1.54) is 18.2 Å². The molecule has 3 heteroatoms. The number of carbonyl (C=O) groups excluding carboxylic acids is 1. The molecule has 0 heterocycles. The molecule has 2 N–H and O–H groups in total. The fraction of sp³-hybridized carbons (Fsp3) is 0.364. The number of ketones is 1. The van der Waals surface area contributed by atoms with Crippen LogP contribution in [-0.4, -0.2) is 5.78 Å². The monoisotopic (exact) mass is 195 g/mol. The van der Waals surface area contributed by atoms with Gasteiger partial charge in [0.25, 0.3) is 0 Å². The van der Waals surface area contributed by atoms with Crippen LogP contribution in [0.15, 0.2) is 18.2 Å². The highest BCUT2D eigenvalue weighted by Gasteiger charge is 2.13. The predicted molar refractivity (Wildman–Crippen MR) is 54.6 cm³/mol. The summed E-state index contributed by atoms with van der Waals surface area (Å²) in [4.78, 5) is 11.5. The molecule has 0 aliphatic heterocycles. The number of nitrogen functional groups attached to an aromatic ring is 1. The Balaban J connectivity index is 2.94. The maximum absolute atomic E-state index is 13.2. The number of hydrogen-bond donors (Lipinski definition) is 1. The Kier molecular flexibility index (Phi) is 3.23. The number of nitrogens with two attached hydrogens (primary N) is 1. The summed E-state index contributed by atoms with van der Waals surface area (Å²) in [6.07, 6.45) is 0.348. The summed E-state index contributed by atoms with van der Waals surface area (Å²) in [5, 5.41) is 0. The van der Waals surface area contributed by atoms with E-state index in [0.717, 1.165) is 0 Å². The first-order valence-electron chi connectivity index (χ1n) is 4.59. The number of anilines is 1. The molecule has 0 radical (unpaired) electrons. The minimum Gasteiger partial charge on any atom is -0.399 e. The van der Waals surface area contributed by atoms with Crippen LogP contribution in [-0.2, 0) is 0 Å². The smallest absolute Gasteiger partial charge is 0.166 e. The topological polar surface area (TPSA) is 43.1 Å². The Bertz CT molecular complexity index is 347. The maximum Gasteiger partial charge on any atom is 0.166 e. The number of hydrogen-bond acceptors (Lipinski definition) is 2. The van der Waals surface area contributed by atoms with Crippen LogP contribution in [0.5, 0.6) is 0 Å². The van der Waals surface area contributed by atoms with E-state index in [9.17, 15) is 9.18 Å². The van der Waals surface area contributed by atoms with Gasteiger partial charge in [0.1, 0.15) is 5.82 Å². The number of carbonyl (C=O) groups is 1. The van der Waals surface area contributed by atoms with Crippen LogP contribution in [0.1, 0.15) is 30.6 Å². The first-order chi connectivity index (χ1) is 6.50. The molecule has 0 spiro atoms. The molecule has 0 aliphatic rings. The van der Waals surface area contributed by atoms with Crippen molar-refractivity contribution in [3.8, 4) is 0 Å². The van der Waals surface area contributed by atoms with Gasteiger partial charge in [0.15, 0.2) is 5.78 Å². The third-order valence-corrected chi connectivity index (χ3v) is 1.88. The van der Waals surface area contributed by atoms with Crippen LogP contribution in [0, 0.1) is 11.7 Å². The lowest BCUT2D eigenvalue weighted by Gasteiger charge is -2.05. The van der Waals surface area contributed by atoms with E-state index >= 15 is 0 Å². The van der Waals surface area contributed by atoms with Gasteiger partial charge in [-0.2, -0.15) is 0 Å². The SMILES string of the molecule is CC(C)CC(=O)c1cc(N)ccc1F. The molecule has 0 fully saturated rings. The fourth-order valence-electron chi connectivity index (χ4n) is 1.24. The highest BCUT2D eigenvalue weighted by Crippen LogP contribution is 2.16. The molecule has 76 valence electrons. The molecule has 0 amide bonds. The van der Waals surface area contributed by atoms with E-state index < -0.39 is 5.82 Å². The van der Waals surface area contributed by atoms with Gasteiger partial charge in [-0.3, -0.25) is 4.79 Å². The zero-order valence-corrected chi connectivity index (χ0v) is 8.38. The number of Topliss-reactive ketones (excluding diaryl/α,β-unsaturated/α-hetero) is 1. The quantitative estimate of drug-likeness (QED) is 0.595. The highest BCUT2D eigenvalue weighted by atomic mass is 19.1. The third kappa shape index (κ3) is 2.55. The van der Waals surface area contributed by atoms with Crippen molar-refractivity contribution in [3.63, 3.8) is 0 Å². The second-order valence-electron chi connectivity index (χ2n) is 3.76. The fourth-order valence-corrected chi connectivity index (χ4v) is 1.24. The van der Waals surface area contributed by atoms with Crippen molar-refractivity contribution in [1.29, 1.82) is 0 Å². The number of benzene rings is 1. The first-order valence-corrected chi connectivity index (χ1v) is 4.59. The van der Waals surface area contributed by atoms with Gasteiger partial charge >= 0.3 is 0 Å². The van der Waals surface area contributed by atoms with Gasteiger partial charge in [0.2, 0.25) is 0 Å². The van der Waals surface area contributed by atoms with Gasteiger partial charge in [-0.15, -0.1) is 0 Å². The average Bonchev–Trinajstić information content (AvgIpc) is 2.08. The Morgan fingerprint density at radius 2 is 2.14 bits per heavy atom. The maximum atomic E-state index is 13.2. The summed E-state index contributed by atoms with van der Waals surface area (Å²) in [7, 11) is 0. The standard InChI is InChI=1S/C11H14FNO/c1-7(2)5-11(14)9-6-8(13)3-4-10(9)12/h3-4,6-7H,5,13H2,1-2H3. The molecule has 0 atom stereocenters. The van der Waals surface area contributed by atoms with Crippen LogP contribution >= 0.6 is 0 Å². The van der Waals surface area contributed by atoms with E-state index in [-0.39, 0.29) is 17.3 Å². The molecule has 2 nitrogen and oxygen atoms in total. The van der Waals surface area contributed by atoms with Crippen molar-refractivity contribution in [2.45, 2.75) is 20.3 Å². The number of halogens is 1. The van der Waals surface area contributed by atoms with Crippen LogP contribution in [0.25, 0.3) is 0 Å². The minimum absolute atomic E-state index is 0.0960. The van der Waals surface area contributed by atoms with Gasteiger partial charge in [-0.1, -0.05) is 13.8 Å². The van der Waals surface area contributed by atoms with Crippen molar-refractivity contribution in [2.24, 2.45) is 5.92 Å². The molecule has 0 saturated heterocycles. The van der Waals surface area contributed by atoms with E-state index in [2.05, 4.69) is 0 Å². The first kappa shape index (κ1) is 10.7. The minimum atomic E-state index is -0.496. The van der Waals surface area contributed by atoms with Crippen LogP contribution < -0.4 is 5.73 Å². The molecule has 0 bridgehead atoms. The normalized spacial score (nSPS) is 10.6. The Morgan fingerprint density at radius 1 is 1.50 bits per heavy atom. The third-order valence-electron chi connectivity index (χ3n) is 1.88. The predicted octanol–water partition coefficient (Wildman–Crippen LogP) is 2.64. The summed E-state index contributed by atoms with van der Waals surface area (Å²) in [6, 6.07) is 4.06. The summed E-state index contributed by atoms with van der Waals surface area (Å²) >= 11 is 0. The van der Waals surface area contributed by atoms with E-state index in [0.29, 0.717) is 12.1 Å². The Morgan fingerprint density at radius 3 is 2.71 bits per heavy atom. The summed E-state index contributed by atoms with van der Waals surface area (Å²) in [5.74, 6) is -0.460. The largest absolute Gasteiger partial charge is 0.399 e. The molecule has 0 aromatic heterocycles. The van der Waals surface area contributed by atoms with Crippen LogP contribution in [0.2, 0.25) is 0 Å². The summed E-state index contributed by atoms with van der Waals surface area (Å²) in [5.41, 5.74) is 5.99. The number of rotatable bonds is 3. The highest BCUT2D eigenvalue weighted by molar-refractivity contribution is 5.97. The molecule has 0 unspecified atom stereocenters. The molecule has 1 aromatic carbocycles. The average molecular weight is 195 g/mol. The second kappa shape index (κ2) is 4.22. The molecular formula is C11H14FNO. The van der Waals surface area contributed by atoms with E-state index in [1.807, 2.05) is 13.8 Å². The zero-order chi connectivity index (χ0) is 10.7. The molecule has 1 rings (SSSR count). The van der Waals surface area contributed by atoms with Crippen molar-refractivity contribution >= 4 is 11.5 Å². The lowest BCUT2D eigenvalue weighted by atomic mass is 10.0. The van der Waals surface area contributed by atoms with E-state index in [1.54, 1.807) is 0 Å². The van der Waals surface area contributed by atoms with Crippen molar-refractivity contribution < 1.29 is 9.18 Å². The van der Waals surface area contributed by atoms with Gasteiger partial charge in [-0.05, 0) is 24.1 Å². The second-order valence-corrected chi connectivity index (χ2v) is 3.76. The lowest BCUT2D eigenvalue weighted by molar-refractivity contribution is 0.0964.